The molecule has 0 spiro atoms. The molecule has 8 nitrogen and oxygen atoms in total. The van der Waals surface area contributed by atoms with Crippen LogP contribution < -0.4 is 5.32 Å². The van der Waals surface area contributed by atoms with Crippen LogP contribution in [0.1, 0.15) is 31.0 Å². The van der Waals surface area contributed by atoms with Crippen LogP contribution in [0.2, 0.25) is 0 Å². The first-order chi connectivity index (χ1) is 13.4. The molecule has 0 radical (unpaired) electrons. The number of amides is 1. The van der Waals surface area contributed by atoms with Crippen LogP contribution >= 0.6 is 0 Å². The molecule has 3 rings (SSSR count). The van der Waals surface area contributed by atoms with Gasteiger partial charge in [0.25, 0.3) is 0 Å². The molecule has 1 N–H and O–H groups in total. The summed E-state index contributed by atoms with van der Waals surface area (Å²) in [5.74, 6) is 0.795. The summed E-state index contributed by atoms with van der Waals surface area (Å²) in [5, 5.41) is 7.10. The number of rotatable bonds is 7. The van der Waals surface area contributed by atoms with E-state index in [0.29, 0.717) is 5.82 Å². The lowest BCUT2D eigenvalue weighted by atomic mass is 10.0. The number of nitrogens with zero attached hydrogens (tertiary/aromatic N) is 5. The molecule has 8 heteroatoms. The number of pyridine rings is 2. The summed E-state index contributed by atoms with van der Waals surface area (Å²) in [5.41, 5.74) is 3.91. The van der Waals surface area contributed by atoms with E-state index in [1.54, 1.807) is 13.2 Å². The van der Waals surface area contributed by atoms with Gasteiger partial charge in [-0.25, -0.2) is 4.98 Å². The van der Waals surface area contributed by atoms with Gasteiger partial charge in [-0.2, -0.15) is 0 Å². The Hall–Kier alpha value is -3.29. The number of nitrogens with one attached hydrogen (secondary N) is 1. The van der Waals surface area contributed by atoms with Gasteiger partial charge >= 0.3 is 0 Å². The monoisotopic (exact) mass is 380 g/mol. The molecule has 3 aromatic heterocycles. The molecule has 0 aliphatic rings. The average molecular weight is 380 g/mol. The van der Waals surface area contributed by atoms with Crippen LogP contribution in [0, 0.1) is 11.8 Å². The standard InChI is InChI=1S/C20H24N6O2/c1-13(2)18-19(14(3)5-8-21-18)24-20-15-7-10-26(16(15)6-9-22-20)11-17(27)25(4)12-23-28/h5-10,13H,11-12H2,1-4H3,(H,22,24). The van der Waals surface area contributed by atoms with Crippen LogP contribution in [0.3, 0.4) is 0 Å². The first-order valence-electron chi connectivity index (χ1n) is 9.11. The Labute approximate surface area is 163 Å². The topological polar surface area (TPSA) is 92.5 Å². The number of carbonyl (C=O) groups excluding carboxylic acids is 1. The number of aromatic nitrogens is 3. The van der Waals surface area contributed by atoms with E-state index < -0.39 is 0 Å². The van der Waals surface area contributed by atoms with E-state index in [0.717, 1.165) is 27.8 Å². The number of aryl methyl sites for hydroxylation is 1. The second-order valence-corrected chi connectivity index (χ2v) is 7.07. The molecule has 146 valence electrons. The highest BCUT2D eigenvalue weighted by molar-refractivity contribution is 5.93. The van der Waals surface area contributed by atoms with Crippen molar-refractivity contribution in [3.8, 4) is 0 Å². The minimum atomic E-state index is -0.186. The van der Waals surface area contributed by atoms with Crippen LogP contribution in [0.25, 0.3) is 10.9 Å². The molecule has 28 heavy (non-hydrogen) atoms. The zero-order valence-corrected chi connectivity index (χ0v) is 16.5. The van der Waals surface area contributed by atoms with E-state index in [4.69, 9.17) is 0 Å². The molecule has 0 bridgehead atoms. The Morgan fingerprint density at radius 3 is 2.71 bits per heavy atom. The Morgan fingerprint density at radius 1 is 1.25 bits per heavy atom. The highest BCUT2D eigenvalue weighted by Gasteiger charge is 2.15. The Balaban J connectivity index is 1.94. The summed E-state index contributed by atoms with van der Waals surface area (Å²) in [4.78, 5) is 32.9. The Kier molecular flexibility index (Phi) is 5.67. The van der Waals surface area contributed by atoms with E-state index in [-0.39, 0.29) is 25.0 Å². The second-order valence-electron chi connectivity index (χ2n) is 7.07. The van der Waals surface area contributed by atoms with Gasteiger partial charge in [0.05, 0.1) is 16.9 Å². The van der Waals surface area contributed by atoms with Gasteiger partial charge in [0.2, 0.25) is 5.91 Å². The van der Waals surface area contributed by atoms with Crippen LogP contribution in [-0.4, -0.2) is 39.1 Å². The van der Waals surface area contributed by atoms with Crippen molar-refractivity contribution < 1.29 is 4.79 Å². The van der Waals surface area contributed by atoms with Gasteiger partial charge in [0, 0.05) is 31.0 Å². The highest BCUT2D eigenvalue weighted by atomic mass is 16.3. The Bertz CT molecular complexity index is 1010. The fourth-order valence-electron chi connectivity index (χ4n) is 3.09. The van der Waals surface area contributed by atoms with Gasteiger partial charge in [0.15, 0.2) is 6.67 Å². The first-order valence-corrected chi connectivity index (χ1v) is 9.11. The molecule has 0 unspecified atom stereocenters. The van der Waals surface area contributed by atoms with E-state index in [9.17, 15) is 9.70 Å². The highest BCUT2D eigenvalue weighted by Crippen LogP contribution is 2.31. The van der Waals surface area contributed by atoms with Crippen molar-refractivity contribution in [1.29, 1.82) is 0 Å². The van der Waals surface area contributed by atoms with Crippen molar-refractivity contribution in [2.75, 3.05) is 19.0 Å². The summed E-state index contributed by atoms with van der Waals surface area (Å²) in [7, 11) is 1.56. The molecule has 0 aliphatic carbocycles. The predicted molar refractivity (Wildman–Crippen MR) is 110 cm³/mol. The third-order valence-electron chi connectivity index (χ3n) is 4.68. The fourth-order valence-corrected chi connectivity index (χ4v) is 3.09. The summed E-state index contributed by atoms with van der Waals surface area (Å²) >= 11 is 0. The van der Waals surface area contributed by atoms with Gasteiger partial charge in [-0.15, -0.1) is 4.91 Å². The van der Waals surface area contributed by atoms with Crippen molar-refractivity contribution in [2.24, 2.45) is 5.18 Å². The van der Waals surface area contributed by atoms with Crippen molar-refractivity contribution in [2.45, 2.75) is 33.2 Å². The van der Waals surface area contributed by atoms with Crippen molar-refractivity contribution in [3.63, 3.8) is 0 Å². The molecule has 0 saturated heterocycles. The number of fused-ring (bicyclic) bond motifs is 1. The number of hydrogen-bond donors (Lipinski definition) is 1. The van der Waals surface area contributed by atoms with E-state index in [2.05, 4.69) is 34.3 Å². The van der Waals surface area contributed by atoms with Crippen molar-refractivity contribution in [1.82, 2.24) is 19.4 Å². The minimum absolute atomic E-state index is 0.127. The van der Waals surface area contributed by atoms with Crippen molar-refractivity contribution in [3.05, 3.63) is 53.0 Å². The summed E-state index contributed by atoms with van der Waals surface area (Å²) in [6.07, 6.45) is 5.37. The molecule has 0 aromatic carbocycles. The molecule has 3 heterocycles. The molecule has 3 aromatic rings. The maximum atomic E-state index is 12.3. The number of anilines is 2. The molecule has 1 amide bonds. The van der Waals surface area contributed by atoms with Crippen molar-refractivity contribution >= 4 is 28.3 Å². The summed E-state index contributed by atoms with van der Waals surface area (Å²) < 4.78 is 1.84. The smallest absolute Gasteiger partial charge is 0.243 e. The number of carbonyl (C=O) groups is 1. The zero-order chi connectivity index (χ0) is 20.3. The zero-order valence-electron chi connectivity index (χ0n) is 16.5. The van der Waals surface area contributed by atoms with E-state index in [1.165, 1.54) is 4.90 Å². The van der Waals surface area contributed by atoms with Crippen LogP contribution in [0.5, 0.6) is 0 Å². The minimum Gasteiger partial charge on any atom is -0.338 e. The predicted octanol–water partition coefficient (Wildman–Crippen LogP) is 3.79. The quantitative estimate of drug-likeness (QED) is 0.630. The first kappa shape index (κ1) is 19.5. The maximum absolute atomic E-state index is 12.3. The van der Waals surface area contributed by atoms with Crippen LogP contribution in [0.15, 0.2) is 42.0 Å². The third kappa shape index (κ3) is 3.85. The molecule has 0 aliphatic heterocycles. The summed E-state index contributed by atoms with van der Waals surface area (Å²) in [6, 6.07) is 5.76. The lowest BCUT2D eigenvalue weighted by Crippen LogP contribution is -2.29. The van der Waals surface area contributed by atoms with Gasteiger partial charge in [-0.3, -0.25) is 9.78 Å². The number of nitroso groups, excluding NO2 is 1. The van der Waals surface area contributed by atoms with Gasteiger partial charge < -0.3 is 14.8 Å². The van der Waals surface area contributed by atoms with E-state index in [1.807, 2.05) is 42.1 Å². The molecule has 0 fully saturated rings. The normalized spacial score (nSPS) is 11.0. The van der Waals surface area contributed by atoms with Crippen LogP contribution in [-0.2, 0) is 11.3 Å². The SMILES string of the molecule is Cc1ccnc(C(C)C)c1Nc1nccc2c1ccn2CC(=O)N(C)CN=O. The fraction of sp³-hybridized carbons (Fsp3) is 0.350. The van der Waals surface area contributed by atoms with Gasteiger partial charge in [0.1, 0.15) is 12.4 Å². The molecule has 0 atom stereocenters. The lowest BCUT2D eigenvalue weighted by Gasteiger charge is -2.16. The second kappa shape index (κ2) is 8.16. The van der Waals surface area contributed by atoms with E-state index >= 15 is 0 Å². The molecule has 0 saturated carbocycles. The largest absolute Gasteiger partial charge is 0.338 e. The number of hydrogen-bond acceptors (Lipinski definition) is 6. The molecular formula is C20H24N6O2. The number of likely N-dealkylation sites (N-methyl/N-ethyl adjacent to an activating group) is 1. The third-order valence-corrected chi connectivity index (χ3v) is 4.68. The lowest BCUT2D eigenvalue weighted by molar-refractivity contribution is -0.130. The summed E-state index contributed by atoms with van der Waals surface area (Å²) in [6.45, 7) is 6.21. The Morgan fingerprint density at radius 2 is 2.00 bits per heavy atom. The van der Waals surface area contributed by atoms with Gasteiger partial charge in [-0.05, 0) is 41.8 Å². The van der Waals surface area contributed by atoms with Gasteiger partial charge in [-0.1, -0.05) is 13.8 Å². The van der Waals surface area contributed by atoms with Crippen LogP contribution in [0.4, 0.5) is 11.5 Å². The average Bonchev–Trinajstić information content (AvgIpc) is 3.07. The molecular weight excluding hydrogens is 356 g/mol. The maximum Gasteiger partial charge on any atom is 0.243 e.